The Kier molecular flexibility index (Phi) is 9.24. The maximum atomic E-state index is 2.43. The predicted molar refractivity (Wildman–Crippen MR) is 71.2 cm³/mol. The Morgan fingerprint density at radius 2 is 1.53 bits per heavy atom. The summed E-state index contributed by atoms with van der Waals surface area (Å²) in [5, 5.41) is 0. The monoisotopic (exact) mass is 212 g/mol. The largest absolute Gasteiger partial charge is 0.0654 e. The summed E-state index contributed by atoms with van der Waals surface area (Å²) in [7, 11) is 0. The summed E-state index contributed by atoms with van der Waals surface area (Å²) in [6, 6.07) is 0. The SMILES string of the molecule is CCCCCC(CC)C[C@@H](C)CC(C)C. The highest BCUT2D eigenvalue weighted by Gasteiger charge is 2.12. The van der Waals surface area contributed by atoms with Gasteiger partial charge in [0.1, 0.15) is 0 Å². The zero-order valence-corrected chi connectivity index (χ0v) is 11.7. The number of rotatable bonds is 9. The smallest absolute Gasteiger partial charge is 0.0414 e. The van der Waals surface area contributed by atoms with Crippen LogP contribution in [0.1, 0.15) is 79.6 Å². The van der Waals surface area contributed by atoms with Crippen LogP contribution in [0.25, 0.3) is 0 Å². The minimum Gasteiger partial charge on any atom is -0.0654 e. The second kappa shape index (κ2) is 9.24. The Morgan fingerprint density at radius 3 is 2.00 bits per heavy atom. The van der Waals surface area contributed by atoms with E-state index >= 15 is 0 Å². The second-order valence-corrected chi connectivity index (χ2v) is 5.74. The zero-order valence-electron chi connectivity index (χ0n) is 11.7. The first-order valence-corrected chi connectivity index (χ1v) is 7.10. The number of unbranched alkanes of at least 4 members (excludes halogenated alkanes) is 2. The highest BCUT2D eigenvalue weighted by Crippen LogP contribution is 2.25. The van der Waals surface area contributed by atoms with Crippen LogP contribution in [0.15, 0.2) is 0 Å². The van der Waals surface area contributed by atoms with Crippen molar-refractivity contribution in [3.8, 4) is 0 Å². The Hall–Kier alpha value is 0. The first kappa shape index (κ1) is 15.0. The fraction of sp³-hybridized carbons (Fsp3) is 1.00. The molecule has 0 heteroatoms. The summed E-state index contributed by atoms with van der Waals surface area (Å²) in [5.41, 5.74) is 0. The molecule has 0 aliphatic rings. The van der Waals surface area contributed by atoms with Crippen LogP contribution < -0.4 is 0 Å². The van der Waals surface area contributed by atoms with Crippen molar-refractivity contribution in [2.45, 2.75) is 79.6 Å². The van der Waals surface area contributed by atoms with Gasteiger partial charge < -0.3 is 0 Å². The molecule has 0 aromatic carbocycles. The van der Waals surface area contributed by atoms with Crippen molar-refractivity contribution in [3.05, 3.63) is 0 Å². The van der Waals surface area contributed by atoms with Crippen molar-refractivity contribution in [3.63, 3.8) is 0 Å². The van der Waals surface area contributed by atoms with Gasteiger partial charge in [-0.25, -0.2) is 0 Å². The van der Waals surface area contributed by atoms with E-state index in [2.05, 4.69) is 34.6 Å². The van der Waals surface area contributed by atoms with Crippen molar-refractivity contribution >= 4 is 0 Å². The summed E-state index contributed by atoms with van der Waals surface area (Å²) >= 11 is 0. The highest BCUT2D eigenvalue weighted by atomic mass is 14.2. The van der Waals surface area contributed by atoms with E-state index in [9.17, 15) is 0 Å². The van der Waals surface area contributed by atoms with Crippen molar-refractivity contribution in [1.82, 2.24) is 0 Å². The zero-order chi connectivity index (χ0) is 11.7. The maximum absolute atomic E-state index is 2.43. The Morgan fingerprint density at radius 1 is 0.867 bits per heavy atom. The average Bonchev–Trinajstić information content (AvgIpc) is 2.15. The van der Waals surface area contributed by atoms with Gasteiger partial charge in [-0.15, -0.1) is 0 Å². The summed E-state index contributed by atoms with van der Waals surface area (Å²) in [6.45, 7) is 11.8. The van der Waals surface area contributed by atoms with Crippen LogP contribution in [0.4, 0.5) is 0 Å². The molecule has 15 heavy (non-hydrogen) atoms. The maximum Gasteiger partial charge on any atom is -0.0414 e. The van der Waals surface area contributed by atoms with Gasteiger partial charge in [-0.3, -0.25) is 0 Å². The minimum absolute atomic E-state index is 0.869. The van der Waals surface area contributed by atoms with Crippen molar-refractivity contribution in [2.75, 3.05) is 0 Å². The average molecular weight is 212 g/mol. The molecule has 92 valence electrons. The third-order valence-corrected chi connectivity index (χ3v) is 3.40. The summed E-state index contributed by atoms with van der Waals surface area (Å²) in [4.78, 5) is 0. The van der Waals surface area contributed by atoms with Gasteiger partial charge in [-0.05, 0) is 30.6 Å². The Balaban J connectivity index is 3.67. The topological polar surface area (TPSA) is 0 Å². The van der Waals surface area contributed by atoms with Crippen LogP contribution in [-0.4, -0.2) is 0 Å². The van der Waals surface area contributed by atoms with E-state index in [1.807, 2.05) is 0 Å². The first-order valence-electron chi connectivity index (χ1n) is 7.10. The van der Waals surface area contributed by atoms with Crippen LogP contribution in [0.2, 0.25) is 0 Å². The van der Waals surface area contributed by atoms with Crippen LogP contribution in [-0.2, 0) is 0 Å². The third kappa shape index (κ3) is 8.96. The molecular weight excluding hydrogens is 180 g/mol. The highest BCUT2D eigenvalue weighted by molar-refractivity contribution is 4.64. The van der Waals surface area contributed by atoms with E-state index in [1.54, 1.807) is 0 Å². The summed E-state index contributed by atoms with van der Waals surface area (Å²) in [5.74, 6) is 2.79. The van der Waals surface area contributed by atoms with Gasteiger partial charge >= 0.3 is 0 Å². The van der Waals surface area contributed by atoms with E-state index in [4.69, 9.17) is 0 Å². The summed E-state index contributed by atoms with van der Waals surface area (Å²) < 4.78 is 0. The van der Waals surface area contributed by atoms with Crippen LogP contribution in [0.3, 0.4) is 0 Å². The fourth-order valence-corrected chi connectivity index (χ4v) is 2.64. The van der Waals surface area contributed by atoms with Crippen LogP contribution >= 0.6 is 0 Å². The van der Waals surface area contributed by atoms with E-state index in [-0.39, 0.29) is 0 Å². The third-order valence-electron chi connectivity index (χ3n) is 3.40. The predicted octanol–water partition coefficient (Wildman–Crippen LogP) is 5.67. The van der Waals surface area contributed by atoms with Crippen molar-refractivity contribution in [2.24, 2.45) is 17.8 Å². The van der Waals surface area contributed by atoms with E-state index in [1.165, 1.54) is 44.9 Å². The van der Waals surface area contributed by atoms with E-state index < -0.39 is 0 Å². The molecule has 2 atom stereocenters. The standard InChI is InChI=1S/C15H32/c1-6-8-9-10-15(7-2)12-14(5)11-13(3)4/h13-15H,6-12H2,1-5H3/t14-,15?/m0/s1. The normalized spacial score (nSPS) is 15.6. The first-order chi connectivity index (χ1) is 7.10. The van der Waals surface area contributed by atoms with Gasteiger partial charge in [0, 0.05) is 0 Å². The van der Waals surface area contributed by atoms with Crippen LogP contribution in [0.5, 0.6) is 0 Å². The molecule has 1 unspecified atom stereocenters. The van der Waals surface area contributed by atoms with Gasteiger partial charge in [0.15, 0.2) is 0 Å². The van der Waals surface area contributed by atoms with Gasteiger partial charge in [0.05, 0.1) is 0 Å². The van der Waals surface area contributed by atoms with Crippen LogP contribution in [0, 0.1) is 17.8 Å². The van der Waals surface area contributed by atoms with Crippen molar-refractivity contribution < 1.29 is 0 Å². The van der Waals surface area contributed by atoms with Gasteiger partial charge in [-0.1, -0.05) is 66.7 Å². The van der Waals surface area contributed by atoms with Gasteiger partial charge in [0.2, 0.25) is 0 Å². The lowest BCUT2D eigenvalue weighted by molar-refractivity contribution is 0.314. The lowest BCUT2D eigenvalue weighted by atomic mass is 9.85. The second-order valence-electron chi connectivity index (χ2n) is 5.74. The molecule has 0 aromatic rings. The molecule has 0 fully saturated rings. The number of hydrogen-bond acceptors (Lipinski definition) is 0. The van der Waals surface area contributed by atoms with Crippen molar-refractivity contribution in [1.29, 1.82) is 0 Å². The molecule has 0 spiro atoms. The lowest BCUT2D eigenvalue weighted by Gasteiger charge is -2.21. The molecule has 0 aliphatic heterocycles. The van der Waals surface area contributed by atoms with E-state index in [0.29, 0.717) is 0 Å². The Labute approximate surface area is 97.8 Å². The Bertz CT molecular complexity index is 126. The molecule has 0 aromatic heterocycles. The molecule has 0 saturated heterocycles. The fourth-order valence-electron chi connectivity index (χ4n) is 2.64. The van der Waals surface area contributed by atoms with Gasteiger partial charge in [0.25, 0.3) is 0 Å². The lowest BCUT2D eigenvalue weighted by Crippen LogP contribution is -2.08. The van der Waals surface area contributed by atoms with E-state index in [0.717, 1.165) is 17.8 Å². The molecule has 0 saturated carbocycles. The molecule has 0 bridgehead atoms. The molecule has 0 aliphatic carbocycles. The summed E-state index contributed by atoms with van der Waals surface area (Å²) in [6.07, 6.45) is 9.94. The molecule has 0 nitrogen and oxygen atoms in total. The van der Waals surface area contributed by atoms with Gasteiger partial charge in [-0.2, -0.15) is 0 Å². The minimum atomic E-state index is 0.869. The molecule has 0 rings (SSSR count). The molecule has 0 amide bonds. The quantitative estimate of drug-likeness (QED) is 0.432. The number of hydrogen-bond donors (Lipinski definition) is 0. The molecule has 0 N–H and O–H groups in total. The molecule has 0 heterocycles. The molecule has 0 radical (unpaired) electrons. The molecular formula is C15H32.